The summed E-state index contributed by atoms with van der Waals surface area (Å²) in [6.45, 7) is 5.88. The number of amides is 1. The highest BCUT2D eigenvalue weighted by atomic mass is 32.2. The van der Waals surface area contributed by atoms with E-state index in [2.05, 4.69) is 41.5 Å². The Bertz CT molecular complexity index is 853. The molecule has 0 spiro atoms. The van der Waals surface area contributed by atoms with Gasteiger partial charge in [-0.2, -0.15) is 0 Å². The van der Waals surface area contributed by atoms with Gasteiger partial charge in [-0.05, 0) is 30.7 Å². The van der Waals surface area contributed by atoms with E-state index in [0.29, 0.717) is 0 Å². The van der Waals surface area contributed by atoms with E-state index in [9.17, 15) is 4.79 Å². The second-order valence-corrected chi connectivity index (χ2v) is 8.33. The van der Waals surface area contributed by atoms with E-state index in [4.69, 9.17) is 0 Å². The van der Waals surface area contributed by atoms with Gasteiger partial charge < -0.3 is 5.32 Å². The number of carbonyl (C=O) groups is 1. The molecule has 1 amide bonds. The van der Waals surface area contributed by atoms with Crippen LogP contribution in [-0.2, 0) is 10.5 Å². The van der Waals surface area contributed by atoms with E-state index < -0.39 is 0 Å². The van der Waals surface area contributed by atoms with Crippen LogP contribution < -0.4 is 5.32 Å². The molecule has 3 nitrogen and oxygen atoms in total. The van der Waals surface area contributed by atoms with Gasteiger partial charge in [-0.25, -0.2) is 4.98 Å². The summed E-state index contributed by atoms with van der Waals surface area (Å²) in [4.78, 5) is 16.5. The molecular formula is C19H20N2OS2. The minimum Gasteiger partial charge on any atom is -0.326 e. The average molecular weight is 357 g/mol. The van der Waals surface area contributed by atoms with Crippen molar-refractivity contribution >= 4 is 44.9 Å². The van der Waals surface area contributed by atoms with Gasteiger partial charge in [0.05, 0.1) is 10.2 Å². The number of nitrogens with zero attached hydrogens (tertiary/aromatic N) is 1. The number of hydrogen-bond acceptors (Lipinski definition) is 4. The van der Waals surface area contributed by atoms with Gasteiger partial charge in [0.25, 0.3) is 0 Å². The fourth-order valence-corrected chi connectivity index (χ4v) is 4.22. The topological polar surface area (TPSA) is 42.0 Å². The van der Waals surface area contributed by atoms with Crippen LogP contribution in [0, 0.1) is 12.8 Å². The van der Waals surface area contributed by atoms with Crippen molar-refractivity contribution in [1.82, 2.24) is 4.98 Å². The van der Waals surface area contributed by atoms with Crippen molar-refractivity contribution in [2.75, 3.05) is 5.32 Å². The summed E-state index contributed by atoms with van der Waals surface area (Å²) in [5.41, 5.74) is 4.39. The van der Waals surface area contributed by atoms with E-state index in [1.54, 1.807) is 23.1 Å². The van der Waals surface area contributed by atoms with Crippen LogP contribution in [0.1, 0.15) is 25.0 Å². The minimum atomic E-state index is -0.0252. The van der Waals surface area contributed by atoms with Crippen molar-refractivity contribution in [3.8, 4) is 0 Å². The lowest BCUT2D eigenvalue weighted by molar-refractivity contribution is -0.118. The van der Waals surface area contributed by atoms with Crippen molar-refractivity contribution in [2.24, 2.45) is 5.92 Å². The van der Waals surface area contributed by atoms with Crippen LogP contribution in [0.15, 0.2) is 46.8 Å². The third-order valence-electron chi connectivity index (χ3n) is 3.64. The SMILES string of the molecule is Cc1ccc(CSc2nc3ccc(NC(=O)C(C)C)cc3s2)cc1. The number of anilines is 1. The number of benzene rings is 2. The molecule has 24 heavy (non-hydrogen) atoms. The molecule has 0 aliphatic carbocycles. The number of hydrogen-bond donors (Lipinski definition) is 1. The molecule has 0 saturated carbocycles. The Morgan fingerprint density at radius 2 is 1.96 bits per heavy atom. The Morgan fingerprint density at radius 3 is 2.67 bits per heavy atom. The Morgan fingerprint density at radius 1 is 1.21 bits per heavy atom. The van der Waals surface area contributed by atoms with Crippen LogP contribution >= 0.6 is 23.1 Å². The van der Waals surface area contributed by atoms with E-state index in [0.717, 1.165) is 26.0 Å². The number of nitrogens with one attached hydrogen (secondary N) is 1. The number of carbonyl (C=O) groups excluding carboxylic acids is 1. The standard InChI is InChI=1S/C19H20N2OS2/c1-12(2)18(22)20-15-8-9-16-17(10-15)24-19(21-16)23-11-14-6-4-13(3)5-7-14/h4-10,12H,11H2,1-3H3,(H,20,22). The van der Waals surface area contributed by atoms with Gasteiger partial charge in [-0.1, -0.05) is 55.4 Å². The molecule has 0 atom stereocenters. The summed E-state index contributed by atoms with van der Waals surface area (Å²) >= 11 is 3.42. The van der Waals surface area contributed by atoms with Gasteiger partial charge in [-0.3, -0.25) is 4.79 Å². The Hall–Kier alpha value is -1.85. The Balaban J connectivity index is 1.71. The summed E-state index contributed by atoms with van der Waals surface area (Å²) in [5, 5.41) is 2.94. The predicted molar refractivity (Wildman–Crippen MR) is 104 cm³/mol. The maximum Gasteiger partial charge on any atom is 0.226 e. The van der Waals surface area contributed by atoms with Gasteiger partial charge >= 0.3 is 0 Å². The van der Waals surface area contributed by atoms with Gasteiger partial charge in [0.1, 0.15) is 0 Å². The molecule has 0 saturated heterocycles. The van der Waals surface area contributed by atoms with Crippen LogP contribution in [0.25, 0.3) is 10.2 Å². The molecule has 1 N–H and O–H groups in total. The number of thiazole rings is 1. The number of aromatic nitrogens is 1. The van der Waals surface area contributed by atoms with Gasteiger partial charge in [0.15, 0.2) is 4.34 Å². The molecule has 0 bridgehead atoms. The molecular weight excluding hydrogens is 336 g/mol. The van der Waals surface area contributed by atoms with Crippen LogP contribution in [0.3, 0.4) is 0 Å². The molecule has 0 unspecified atom stereocenters. The second kappa shape index (κ2) is 7.36. The number of rotatable bonds is 5. The van der Waals surface area contributed by atoms with E-state index >= 15 is 0 Å². The van der Waals surface area contributed by atoms with Crippen molar-refractivity contribution in [1.29, 1.82) is 0 Å². The molecule has 0 radical (unpaired) electrons. The smallest absolute Gasteiger partial charge is 0.226 e. The molecule has 2 aromatic carbocycles. The highest BCUT2D eigenvalue weighted by Gasteiger charge is 2.09. The first-order chi connectivity index (χ1) is 11.5. The van der Waals surface area contributed by atoms with Crippen LogP contribution in [0.5, 0.6) is 0 Å². The fraction of sp³-hybridized carbons (Fsp3) is 0.263. The third-order valence-corrected chi connectivity index (χ3v) is 5.88. The zero-order valence-electron chi connectivity index (χ0n) is 14.0. The van der Waals surface area contributed by atoms with E-state index in [1.807, 2.05) is 32.0 Å². The third kappa shape index (κ3) is 4.16. The summed E-state index contributed by atoms with van der Waals surface area (Å²) in [7, 11) is 0. The number of fused-ring (bicyclic) bond motifs is 1. The van der Waals surface area contributed by atoms with Crippen LogP contribution in [0.2, 0.25) is 0 Å². The molecule has 124 valence electrons. The zero-order chi connectivity index (χ0) is 17.1. The molecule has 3 rings (SSSR count). The van der Waals surface area contributed by atoms with Crippen molar-refractivity contribution in [3.63, 3.8) is 0 Å². The van der Waals surface area contributed by atoms with Crippen molar-refractivity contribution in [3.05, 3.63) is 53.6 Å². The molecule has 3 aromatic rings. The zero-order valence-corrected chi connectivity index (χ0v) is 15.6. The Kier molecular flexibility index (Phi) is 5.21. The number of aryl methyl sites for hydroxylation is 1. The van der Waals surface area contributed by atoms with E-state index in [1.165, 1.54) is 11.1 Å². The molecule has 5 heteroatoms. The molecule has 1 heterocycles. The summed E-state index contributed by atoms with van der Waals surface area (Å²) in [6, 6.07) is 14.5. The van der Waals surface area contributed by atoms with Crippen LogP contribution in [0.4, 0.5) is 5.69 Å². The largest absolute Gasteiger partial charge is 0.326 e. The Labute approximate surface area is 150 Å². The van der Waals surface area contributed by atoms with Gasteiger partial charge in [-0.15, -0.1) is 11.3 Å². The lowest BCUT2D eigenvalue weighted by atomic mass is 10.2. The predicted octanol–water partition coefficient (Wildman–Crippen LogP) is 5.49. The minimum absolute atomic E-state index is 0.0252. The highest BCUT2D eigenvalue weighted by Crippen LogP contribution is 2.33. The summed E-state index contributed by atoms with van der Waals surface area (Å²) in [6.07, 6.45) is 0. The number of thioether (sulfide) groups is 1. The van der Waals surface area contributed by atoms with Crippen molar-refractivity contribution < 1.29 is 4.79 Å². The second-order valence-electron chi connectivity index (χ2n) is 6.08. The average Bonchev–Trinajstić information content (AvgIpc) is 2.96. The highest BCUT2D eigenvalue weighted by molar-refractivity contribution is 8.00. The normalized spacial score (nSPS) is 11.2. The quantitative estimate of drug-likeness (QED) is 0.615. The lowest BCUT2D eigenvalue weighted by Gasteiger charge is -2.06. The van der Waals surface area contributed by atoms with Gasteiger partial charge in [0.2, 0.25) is 5.91 Å². The first-order valence-corrected chi connectivity index (χ1v) is 9.71. The lowest BCUT2D eigenvalue weighted by Crippen LogP contribution is -2.17. The van der Waals surface area contributed by atoms with E-state index in [-0.39, 0.29) is 11.8 Å². The maximum absolute atomic E-state index is 11.8. The molecule has 0 fully saturated rings. The van der Waals surface area contributed by atoms with Crippen molar-refractivity contribution in [2.45, 2.75) is 30.9 Å². The molecule has 0 aliphatic heterocycles. The molecule has 0 aliphatic rings. The summed E-state index contributed by atoms with van der Waals surface area (Å²) in [5.74, 6) is 0.924. The first-order valence-electron chi connectivity index (χ1n) is 7.91. The maximum atomic E-state index is 11.8. The van der Waals surface area contributed by atoms with Gasteiger partial charge in [0, 0.05) is 17.4 Å². The molecule has 1 aromatic heterocycles. The fourth-order valence-electron chi connectivity index (χ4n) is 2.16. The van der Waals surface area contributed by atoms with Crippen LogP contribution in [-0.4, -0.2) is 10.9 Å². The summed E-state index contributed by atoms with van der Waals surface area (Å²) < 4.78 is 2.15. The first kappa shape index (κ1) is 17.0. The monoisotopic (exact) mass is 356 g/mol.